The van der Waals surface area contributed by atoms with Crippen LogP contribution in [-0.4, -0.2) is 30.6 Å². The third-order valence-corrected chi connectivity index (χ3v) is 6.05. The highest BCUT2D eigenvalue weighted by Crippen LogP contribution is 2.44. The lowest BCUT2D eigenvalue weighted by molar-refractivity contribution is 0.0914. The lowest BCUT2D eigenvalue weighted by Gasteiger charge is -2.22. The van der Waals surface area contributed by atoms with E-state index in [9.17, 15) is 13.2 Å². The van der Waals surface area contributed by atoms with Crippen LogP contribution in [0.2, 0.25) is 0 Å². The molecule has 3 atom stereocenters. The number of carbonyl (C=O) groups is 1. The maximum Gasteiger partial charge on any atom is 0.273 e. The van der Waals surface area contributed by atoms with Gasteiger partial charge in [-0.3, -0.25) is 9.89 Å². The third-order valence-electron chi connectivity index (χ3n) is 4.66. The number of H-pyrrole nitrogens is 1. The van der Waals surface area contributed by atoms with Crippen LogP contribution in [0.15, 0.2) is 4.90 Å². The van der Waals surface area contributed by atoms with Gasteiger partial charge in [0.25, 0.3) is 15.0 Å². The molecule has 2 saturated carbocycles. The van der Waals surface area contributed by atoms with Crippen molar-refractivity contribution in [2.24, 2.45) is 11.8 Å². The number of nitrogens with one attached hydrogen (secondary N) is 2. The molecule has 2 N–H and O–H groups in total. The molecule has 21 heavy (non-hydrogen) atoms. The van der Waals surface area contributed by atoms with E-state index in [1.807, 2.05) is 0 Å². The van der Waals surface area contributed by atoms with Crippen molar-refractivity contribution < 1.29 is 13.2 Å². The Morgan fingerprint density at radius 1 is 1.43 bits per heavy atom. The van der Waals surface area contributed by atoms with E-state index in [0.717, 1.165) is 19.3 Å². The second kappa shape index (κ2) is 5.28. The van der Waals surface area contributed by atoms with Gasteiger partial charge in [-0.15, -0.1) is 0 Å². The van der Waals surface area contributed by atoms with Crippen LogP contribution in [0, 0.1) is 11.8 Å². The molecule has 2 fully saturated rings. The number of amides is 1. The Hall–Kier alpha value is -1.08. The summed E-state index contributed by atoms with van der Waals surface area (Å²) in [6.07, 6.45) is 4.92. The van der Waals surface area contributed by atoms with E-state index in [2.05, 4.69) is 15.5 Å². The monoisotopic (exact) mass is 331 g/mol. The minimum Gasteiger partial charge on any atom is -0.348 e. The van der Waals surface area contributed by atoms with Gasteiger partial charge in [-0.25, -0.2) is 8.42 Å². The van der Waals surface area contributed by atoms with Crippen molar-refractivity contribution in [1.82, 2.24) is 15.5 Å². The van der Waals surface area contributed by atoms with Gasteiger partial charge in [-0.05, 0) is 37.5 Å². The van der Waals surface area contributed by atoms with Crippen molar-refractivity contribution in [2.75, 3.05) is 0 Å². The highest BCUT2D eigenvalue weighted by Gasteiger charge is 2.41. The van der Waals surface area contributed by atoms with Gasteiger partial charge >= 0.3 is 0 Å². The molecule has 3 rings (SSSR count). The minimum atomic E-state index is -4.00. The SMILES string of the molecule is CCc1[nH]nc(C(=O)NC2CC3CCC2C3)c1S(=O)(=O)Cl. The summed E-state index contributed by atoms with van der Waals surface area (Å²) < 4.78 is 23.4. The molecule has 2 aliphatic carbocycles. The molecule has 6 nitrogen and oxygen atoms in total. The summed E-state index contributed by atoms with van der Waals surface area (Å²) in [6.45, 7) is 1.77. The van der Waals surface area contributed by atoms with Crippen LogP contribution in [0.25, 0.3) is 0 Å². The van der Waals surface area contributed by atoms with Gasteiger partial charge in [-0.2, -0.15) is 5.10 Å². The Balaban J connectivity index is 1.83. The lowest BCUT2D eigenvalue weighted by Crippen LogP contribution is -2.39. The van der Waals surface area contributed by atoms with E-state index in [0.29, 0.717) is 24.0 Å². The summed E-state index contributed by atoms with van der Waals surface area (Å²) in [4.78, 5) is 12.2. The minimum absolute atomic E-state index is 0.121. The summed E-state index contributed by atoms with van der Waals surface area (Å²) in [5.41, 5.74) is 0.243. The first kappa shape index (κ1) is 14.8. The van der Waals surface area contributed by atoms with E-state index < -0.39 is 15.0 Å². The van der Waals surface area contributed by atoms with Crippen LogP contribution < -0.4 is 5.32 Å². The van der Waals surface area contributed by atoms with Crippen LogP contribution in [0.5, 0.6) is 0 Å². The van der Waals surface area contributed by atoms with E-state index in [-0.39, 0.29) is 16.6 Å². The first-order chi connectivity index (χ1) is 9.90. The topological polar surface area (TPSA) is 91.9 Å². The fourth-order valence-corrected chi connectivity index (χ4v) is 5.03. The molecule has 1 aromatic rings. The van der Waals surface area contributed by atoms with Crippen LogP contribution in [0.4, 0.5) is 0 Å². The quantitative estimate of drug-likeness (QED) is 0.823. The summed E-state index contributed by atoms with van der Waals surface area (Å²) >= 11 is 0. The smallest absolute Gasteiger partial charge is 0.273 e. The Bertz CT molecular complexity index is 670. The van der Waals surface area contributed by atoms with Gasteiger partial charge < -0.3 is 5.32 Å². The summed E-state index contributed by atoms with van der Waals surface area (Å²) in [7, 11) is 1.44. The molecule has 3 unspecified atom stereocenters. The zero-order valence-corrected chi connectivity index (χ0v) is 13.3. The van der Waals surface area contributed by atoms with Crippen LogP contribution in [0.3, 0.4) is 0 Å². The van der Waals surface area contributed by atoms with Crippen molar-refractivity contribution in [3.05, 3.63) is 11.4 Å². The van der Waals surface area contributed by atoms with Gasteiger partial charge in [0, 0.05) is 16.7 Å². The number of aromatic nitrogens is 2. The molecule has 0 radical (unpaired) electrons. The lowest BCUT2D eigenvalue weighted by atomic mass is 9.95. The van der Waals surface area contributed by atoms with E-state index in [4.69, 9.17) is 10.7 Å². The van der Waals surface area contributed by atoms with Crippen LogP contribution >= 0.6 is 10.7 Å². The molecule has 2 bridgehead atoms. The Morgan fingerprint density at radius 2 is 2.19 bits per heavy atom. The van der Waals surface area contributed by atoms with Gasteiger partial charge in [-0.1, -0.05) is 13.3 Å². The Kier molecular flexibility index (Phi) is 3.73. The maximum absolute atomic E-state index is 12.4. The Morgan fingerprint density at radius 3 is 2.71 bits per heavy atom. The average Bonchev–Trinajstić information content (AvgIpc) is 3.11. The van der Waals surface area contributed by atoms with Crippen molar-refractivity contribution in [2.45, 2.75) is 50.0 Å². The third kappa shape index (κ3) is 2.68. The standard InChI is InChI=1S/C13H18ClN3O3S/c1-2-9-12(21(14,19)20)11(17-16-9)13(18)15-10-6-7-3-4-8(10)5-7/h7-8,10H,2-6H2,1H3,(H,15,18)(H,16,17). The Labute approximate surface area is 128 Å². The number of carbonyl (C=O) groups excluding carboxylic acids is 1. The van der Waals surface area contributed by atoms with Crippen molar-refractivity contribution >= 4 is 25.6 Å². The molecular weight excluding hydrogens is 314 g/mol. The van der Waals surface area contributed by atoms with E-state index in [1.54, 1.807) is 6.92 Å². The van der Waals surface area contributed by atoms with Crippen molar-refractivity contribution in [1.29, 1.82) is 0 Å². The first-order valence-electron chi connectivity index (χ1n) is 7.23. The van der Waals surface area contributed by atoms with E-state index >= 15 is 0 Å². The molecule has 116 valence electrons. The molecule has 1 amide bonds. The zero-order chi connectivity index (χ0) is 15.2. The largest absolute Gasteiger partial charge is 0.348 e. The van der Waals surface area contributed by atoms with Crippen LogP contribution in [0.1, 0.15) is 48.8 Å². The molecule has 0 saturated heterocycles. The van der Waals surface area contributed by atoms with Gasteiger partial charge in [0.2, 0.25) is 0 Å². The number of fused-ring (bicyclic) bond motifs is 2. The van der Waals surface area contributed by atoms with Gasteiger partial charge in [0.05, 0.1) is 5.69 Å². The van der Waals surface area contributed by atoms with Gasteiger partial charge in [0.15, 0.2) is 5.69 Å². The molecule has 0 aromatic carbocycles. The summed E-state index contributed by atoms with van der Waals surface area (Å²) in [6, 6.07) is 0.129. The number of aromatic amines is 1. The van der Waals surface area contributed by atoms with Crippen molar-refractivity contribution in [3.63, 3.8) is 0 Å². The number of aryl methyl sites for hydroxylation is 1. The normalized spacial score (nSPS) is 28.0. The number of rotatable bonds is 4. The highest BCUT2D eigenvalue weighted by atomic mass is 35.7. The fourth-order valence-electron chi connectivity index (χ4n) is 3.68. The molecule has 0 aliphatic heterocycles. The molecular formula is C13H18ClN3O3S. The molecule has 2 aliphatic rings. The number of nitrogens with zero attached hydrogens (tertiary/aromatic N) is 1. The highest BCUT2D eigenvalue weighted by molar-refractivity contribution is 8.13. The molecule has 0 spiro atoms. The number of halogens is 1. The van der Waals surface area contributed by atoms with Crippen molar-refractivity contribution in [3.8, 4) is 0 Å². The number of hydrogen-bond acceptors (Lipinski definition) is 4. The summed E-state index contributed by atoms with van der Waals surface area (Å²) in [5, 5.41) is 9.38. The second-order valence-electron chi connectivity index (χ2n) is 5.93. The fraction of sp³-hybridized carbons (Fsp3) is 0.692. The maximum atomic E-state index is 12.4. The number of hydrogen-bond donors (Lipinski definition) is 2. The predicted molar refractivity (Wildman–Crippen MR) is 77.7 cm³/mol. The zero-order valence-electron chi connectivity index (χ0n) is 11.7. The van der Waals surface area contributed by atoms with Gasteiger partial charge in [0.1, 0.15) is 4.90 Å². The average molecular weight is 332 g/mol. The molecule has 1 heterocycles. The summed E-state index contributed by atoms with van der Waals surface area (Å²) in [5.74, 6) is 0.754. The molecule has 1 aromatic heterocycles. The predicted octanol–water partition coefficient (Wildman–Crippen LogP) is 1.82. The van der Waals surface area contributed by atoms with Crippen LogP contribution in [-0.2, 0) is 15.5 Å². The first-order valence-corrected chi connectivity index (χ1v) is 9.53. The molecule has 8 heteroatoms. The van der Waals surface area contributed by atoms with E-state index in [1.165, 1.54) is 6.42 Å². The second-order valence-corrected chi connectivity index (χ2v) is 8.43.